The molecule has 0 spiro atoms. The lowest BCUT2D eigenvalue weighted by Gasteiger charge is -2.23. The molecule has 7 nitrogen and oxygen atoms in total. The van der Waals surface area contributed by atoms with Crippen molar-refractivity contribution in [3.63, 3.8) is 0 Å². The number of carbonyl (C=O) groups is 1. The molecule has 1 aliphatic heterocycles. The van der Waals surface area contributed by atoms with E-state index in [0.29, 0.717) is 30.4 Å². The summed E-state index contributed by atoms with van der Waals surface area (Å²) in [6.07, 6.45) is 2.46. The van der Waals surface area contributed by atoms with Gasteiger partial charge in [0.25, 0.3) is 5.89 Å². The second kappa shape index (κ2) is 7.00. The summed E-state index contributed by atoms with van der Waals surface area (Å²) in [7, 11) is 0. The minimum atomic E-state index is -0.188. The SMILES string of the molecule is CCc1noc(-c2ccc(C)c(NC(=O)N3CCCC3CO)c2)n1. The van der Waals surface area contributed by atoms with E-state index in [9.17, 15) is 9.90 Å². The molecule has 1 saturated heterocycles. The summed E-state index contributed by atoms with van der Waals surface area (Å²) in [5.41, 5.74) is 2.42. The standard InChI is InChI=1S/C17H22N4O3/c1-3-15-19-16(24-20-15)12-7-6-11(2)14(9-12)18-17(23)21-8-4-5-13(21)10-22/h6-7,9,13,22H,3-5,8,10H2,1-2H3,(H,18,23). The Morgan fingerprint density at radius 3 is 3.04 bits per heavy atom. The van der Waals surface area contributed by atoms with Crippen molar-refractivity contribution >= 4 is 11.7 Å². The molecule has 2 aromatic rings. The summed E-state index contributed by atoms with van der Waals surface area (Å²) < 4.78 is 5.26. The van der Waals surface area contributed by atoms with Crippen LogP contribution in [0.3, 0.4) is 0 Å². The van der Waals surface area contributed by atoms with E-state index in [0.717, 1.165) is 24.0 Å². The maximum atomic E-state index is 12.5. The van der Waals surface area contributed by atoms with Gasteiger partial charge in [0, 0.05) is 24.2 Å². The Balaban J connectivity index is 1.80. The van der Waals surface area contributed by atoms with Crippen LogP contribution >= 0.6 is 0 Å². The fourth-order valence-corrected chi connectivity index (χ4v) is 2.88. The lowest BCUT2D eigenvalue weighted by Crippen LogP contribution is -2.40. The van der Waals surface area contributed by atoms with Gasteiger partial charge in [-0.15, -0.1) is 0 Å². The summed E-state index contributed by atoms with van der Waals surface area (Å²) in [6, 6.07) is 5.35. The fourth-order valence-electron chi connectivity index (χ4n) is 2.88. The highest BCUT2D eigenvalue weighted by molar-refractivity contribution is 5.91. The van der Waals surface area contributed by atoms with Crippen molar-refractivity contribution in [3.05, 3.63) is 29.6 Å². The number of aliphatic hydroxyl groups excluding tert-OH is 1. The molecule has 3 rings (SSSR count). The van der Waals surface area contributed by atoms with Crippen molar-refractivity contribution in [3.8, 4) is 11.5 Å². The number of benzene rings is 1. The lowest BCUT2D eigenvalue weighted by atomic mass is 10.1. The van der Waals surface area contributed by atoms with Gasteiger partial charge in [0.15, 0.2) is 5.82 Å². The van der Waals surface area contributed by atoms with Crippen LogP contribution in [-0.4, -0.2) is 45.4 Å². The van der Waals surface area contributed by atoms with Gasteiger partial charge in [-0.05, 0) is 37.5 Å². The molecule has 1 aromatic heterocycles. The van der Waals surface area contributed by atoms with E-state index in [1.54, 1.807) is 4.90 Å². The number of hydrogen-bond acceptors (Lipinski definition) is 5. The van der Waals surface area contributed by atoms with Crippen molar-refractivity contribution in [2.24, 2.45) is 0 Å². The van der Waals surface area contributed by atoms with Gasteiger partial charge in [-0.1, -0.05) is 18.1 Å². The molecule has 0 radical (unpaired) electrons. The maximum Gasteiger partial charge on any atom is 0.322 e. The van der Waals surface area contributed by atoms with Crippen LogP contribution in [0.2, 0.25) is 0 Å². The summed E-state index contributed by atoms with van der Waals surface area (Å²) in [5, 5.41) is 16.2. The minimum absolute atomic E-state index is 0.00573. The van der Waals surface area contributed by atoms with Gasteiger partial charge < -0.3 is 19.8 Å². The van der Waals surface area contributed by atoms with Gasteiger partial charge in [0.1, 0.15) is 0 Å². The summed E-state index contributed by atoms with van der Waals surface area (Å²) in [6.45, 7) is 4.55. The second-order valence-corrected chi connectivity index (χ2v) is 6.00. The Bertz CT molecular complexity index is 728. The molecular formula is C17H22N4O3. The van der Waals surface area contributed by atoms with E-state index in [-0.39, 0.29) is 18.7 Å². The number of amides is 2. The molecule has 0 aliphatic carbocycles. The van der Waals surface area contributed by atoms with Crippen LogP contribution in [0.25, 0.3) is 11.5 Å². The van der Waals surface area contributed by atoms with Crippen LogP contribution in [0, 0.1) is 6.92 Å². The summed E-state index contributed by atoms with van der Waals surface area (Å²) in [4.78, 5) is 18.5. The lowest BCUT2D eigenvalue weighted by molar-refractivity contribution is 0.166. The van der Waals surface area contributed by atoms with Gasteiger partial charge in [0.2, 0.25) is 0 Å². The number of rotatable bonds is 4. The third-order valence-corrected chi connectivity index (χ3v) is 4.36. The van der Waals surface area contributed by atoms with Crippen LogP contribution < -0.4 is 5.32 Å². The molecule has 24 heavy (non-hydrogen) atoms. The van der Waals surface area contributed by atoms with Gasteiger partial charge in [-0.2, -0.15) is 4.98 Å². The highest BCUT2D eigenvalue weighted by Gasteiger charge is 2.28. The molecular weight excluding hydrogens is 308 g/mol. The number of aromatic nitrogens is 2. The molecule has 1 atom stereocenters. The zero-order chi connectivity index (χ0) is 17.1. The fraction of sp³-hybridized carbons (Fsp3) is 0.471. The van der Waals surface area contributed by atoms with Crippen LogP contribution in [0.5, 0.6) is 0 Å². The summed E-state index contributed by atoms with van der Waals surface area (Å²) >= 11 is 0. The number of anilines is 1. The van der Waals surface area contributed by atoms with E-state index in [4.69, 9.17) is 4.52 Å². The zero-order valence-corrected chi connectivity index (χ0v) is 14.0. The quantitative estimate of drug-likeness (QED) is 0.899. The van der Waals surface area contributed by atoms with Gasteiger partial charge >= 0.3 is 6.03 Å². The van der Waals surface area contributed by atoms with E-state index in [2.05, 4.69) is 15.5 Å². The predicted octanol–water partition coefficient (Wildman–Crippen LogP) is 2.60. The molecule has 1 aromatic carbocycles. The Morgan fingerprint density at radius 2 is 2.33 bits per heavy atom. The van der Waals surface area contributed by atoms with Crippen molar-refractivity contribution in [1.82, 2.24) is 15.0 Å². The number of carbonyl (C=O) groups excluding carboxylic acids is 1. The van der Waals surface area contributed by atoms with Crippen LogP contribution in [0.15, 0.2) is 22.7 Å². The van der Waals surface area contributed by atoms with Crippen molar-refractivity contribution in [1.29, 1.82) is 0 Å². The molecule has 2 heterocycles. The first-order chi connectivity index (χ1) is 11.6. The number of aliphatic hydroxyl groups is 1. The molecule has 2 amide bonds. The number of hydrogen-bond donors (Lipinski definition) is 2. The van der Waals surface area contributed by atoms with Crippen molar-refractivity contribution < 1.29 is 14.4 Å². The van der Waals surface area contributed by atoms with Gasteiger partial charge in [-0.3, -0.25) is 0 Å². The predicted molar refractivity (Wildman–Crippen MR) is 89.7 cm³/mol. The molecule has 1 aliphatic rings. The van der Waals surface area contributed by atoms with E-state index in [1.165, 1.54) is 0 Å². The topological polar surface area (TPSA) is 91.5 Å². The molecule has 1 unspecified atom stereocenters. The Hall–Kier alpha value is -2.41. The Kier molecular flexibility index (Phi) is 4.80. The van der Waals surface area contributed by atoms with E-state index < -0.39 is 0 Å². The third kappa shape index (κ3) is 3.26. The third-order valence-electron chi connectivity index (χ3n) is 4.36. The first kappa shape index (κ1) is 16.4. The molecule has 0 saturated carbocycles. The first-order valence-corrected chi connectivity index (χ1v) is 8.24. The normalized spacial score (nSPS) is 17.3. The first-order valence-electron chi connectivity index (χ1n) is 8.24. The van der Waals surface area contributed by atoms with Crippen molar-refractivity contribution in [2.75, 3.05) is 18.5 Å². The average Bonchev–Trinajstić information content (AvgIpc) is 3.25. The van der Waals surface area contributed by atoms with Crippen LogP contribution in [0.4, 0.5) is 10.5 Å². The average molecular weight is 330 g/mol. The zero-order valence-electron chi connectivity index (χ0n) is 14.0. The number of nitrogens with one attached hydrogen (secondary N) is 1. The molecule has 128 valence electrons. The molecule has 0 bridgehead atoms. The Labute approximate surface area is 140 Å². The van der Waals surface area contributed by atoms with Gasteiger partial charge in [0.05, 0.1) is 12.6 Å². The van der Waals surface area contributed by atoms with Crippen LogP contribution in [0.1, 0.15) is 31.2 Å². The second-order valence-electron chi connectivity index (χ2n) is 6.00. The number of nitrogens with zero attached hydrogens (tertiary/aromatic N) is 3. The minimum Gasteiger partial charge on any atom is -0.394 e. The van der Waals surface area contributed by atoms with E-state index in [1.807, 2.05) is 32.0 Å². The number of likely N-dealkylation sites (tertiary alicyclic amines) is 1. The molecule has 2 N–H and O–H groups in total. The van der Waals surface area contributed by atoms with Gasteiger partial charge in [-0.25, -0.2) is 4.79 Å². The number of urea groups is 1. The highest BCUT2D eigenvalue weighted by atomic mass is 16.5. The van der Waals surface area contributed by atoms with Crippen LogP contribution in [-0.2, 0) is 6.42 Å². The summed E-state index contributed by atoms with van der Waals surface area (Å²) in [5.74, 6) is 1.09. The Morgan fingerprint density at radius 1 is 1.50 bits per heavy atom. The largest absolute Gasteiger partial charge is 0.394 e. The smallest absolute Gasteiger partial charge is 0.322 e. The maximum absolute atomic E-state index is 12.5. The number of aryl methyl sites for hydroxylation is 2. The van der Waals surface area contributed by atoms with E-state index >= 15 is 0 Å². The van der Waals surface area contributed by atoms with Crippen molar-refractivity contribution in [2.45, 2.75) is 39.2 Å². The molecule has 1 fully saturated rings. The molecule has 7 heteroatoms. The highest BCUT2D eigenvalue weighted by Crippen LogP contribution is 2.26. The monoisotopic (exact) mass is 330 g/mol.